The molecular formula is C17H11NO2S. The molecule has 3 nitrogen and oxygen atoms in total. The lowest BCUT2D eigenvalue weighted by molar-refractivity contribution is 0.568. The van der Waals surface area contributed by atoms with Crippen molar-refractivity contribution in [3.63, 3.8) is 0 Å². The predicted octanol–water partition coefficient (Wildman–Crippen LogP) is 3.99. The molecule has 0 bridgehead atoms. The molecular weight excluding hydrogens is 282 g/mol. The Morgan fingerprint density at radius 3 is 2.62 bits per heavy atom. The smallest absolute Gasteiger partial charge is 0.363 e. The molecule has 0 saturated carbocycles. The molecule has 4 heteroatoms. The number of hydrogen-bond donors (Lipinski definition) is 0. The minimum atomic E-state index is -0.362. The molecule has 0 unspecified atom stereocenters. The summed E-state index contributed by atoms with van der Waals surface area (Å²) in [4.78, 5) is 16.5. The van der Waals surface area contributed by atoms with E-state index in [0.29, 0.717) is 11.1 Å². The topological polar surface area (TPSA) is 43.1 Å². The SMILES string of the molecule is O=c1oc2ccccc2c2sc(Cc3ccccc3)nc12. The number of fused-ring (bicyclic) bond motifs is 3. The molecule has 2 aromatic heterocycles. The number of thiazole rings is 1. The van der Waals surface area contributed by atoms with Crippen LogP contribution in [0.2, 0.25) is 0 Å². The maximum atomic E-state index is 12.0. The van der Waals surface area contributed by atoms with Crippen LogP contribution >= 0.6 is 11.3 Å². The van der Waals surface area contributed by atoms with Crippen LogP contribution in [-0.4, -0.2) is 4.98 Å². The van der Waals surface area contributed by atoms with Gasteiger partial charge in [0.1, 0.15) is 5.58 Å². The maximum Gasteiger partial charge on any atom is 0.363 e. The normalized spacial score (nSPS) is 11.2. The summed E-state index contributed by atoms with van der Waals surface area (Å²) in [7, 11) is 0. The molecule has 0 N–H and O–H groups in total. The van der Waals surface area contributed by atoms with E-state index in [1.54, 1.807) is 11.3 Å². The monoisotopic (exact) mass is 293 g/mol. The van der Waals surface area contributed by atoms with E-state index in [1.807, 2.05) is 42.5 Å². The molecule has 4 aromatic rings. The Kier molecular flexibility index (Phi) is 2.82. The largest absolute Gasteiger partial charge is 0.421 e. The molecule has 2 aromatic carbocycles. The summed E-state index contributed by atoms with van der Waals surface area (Å²) in [5.41, 5.74) is 1.87. The van der Waals surface area contributed by atoms with Gasteiger partial charge in [-0.2, -0.15) is 0 Å². The van der Waals surface area contributed by atoms with E-state index in [4.69, 9.17) is 4.42 Å². The number of aromatic nitrogens is 1. The first-order chi connectivity index (χ1) is 10.3. The van der Waals surface area contributed by atoms with Crippen molar-refractivity contribution in [3.05, 3.63) is 75.6 Å². The Balaban J connectivity index is 1.91. The van der Waals surface area contributed by atoms with Gasteiger partial charge in [-0.1, -0.05) is 42.5 Å². The minimum absolute atomic E-state index is 0.362. The van der Waals surface area contributed by atoms with Crippen LogP contribution in [0.3, 0.4) is 0 Å². The fourth-order valence-electron chi connectivity index (χ4n) is 2.42. The van der Waals surface area contributed by atoms with Crippen LogP contribution < -0.4 is 5.63 Å². The average Bonchev–Trinajstić information content (AvgIpc) is 2.93. The molecule has 4 rings (SSSR count). The van der Waals surface area contributed by atoms with Crippen LogP contribution in [0.15, 0.2) is 63.8 Å². The van der Waals surface area contributed by atoms with Crippen molar-refractivity contribution < 1.29 is 4.42 Å². The van der Waals surface area contributed by atoms with Gasteiger partial charge in [0.15, 0.2) is 5.52 Å². The summed E-state index contributed by atoms with van der Waals surface area (Å²) in [6.07, 6.45) is 0.730. The lowest BCUT2D eigenvalue weighted by atomic mass is 10.2. The first-order valence-electron chi connectivity index (χ1n) is 6.66. The van der Waals surface area contributed by atoms with Gasteiger partial charge in [-0.3, -0.25) is 0 Å². The molecule has 21 heavy (non-hydrogen) atoms. The third kappa shape index (κ3) is 2.14. The summed E-state index contributed by atoms with van der Waals surface area (Å²) in [5.74, 6) is 0. The standard InChI is InChI=1S/C17H11NO2S/c19-17-15-16(12-8-4-5-9-13(12)20-17)21-14(18-15)10-11-6-2-1-3-7-11/h1-9H,10H2. The highest BCUT2D eigenvalue weighted by atomic mass is 32.1. The molecule has 0 aliphatic rings. The number of para-hydroxylation sites is 1. The summed E-state index contributed by atoms with van der Waals surface area (Å²) in [5, 5.41) is 1.88. The van der Waals surface area contributed by atoms with Crippen LogP contribution in [0, 0.1) is 0 Å². The van der Waals surface area contributed by atoms with Gasteiger partial charge in [0, 0.05) is 11.8 Å². The minimum Gasteiger partial charge on any atom is -0.421 e. The van der Waals surface area contributed by atoms with Crippen LogP contribution in [0.5, 0.6) is 0 Å². The summed E-state index contributed by atoms with van der Waals surface area (Å²) >= 11 is 1.56. The van der Waals surface area contributed by atoms with Crippen molar-refractivity contribution in [2.75, 3.05) is 0 Å². The molecule has 0 fully saturated rings. The highest BCUT2D eigenvalue weighted by Gasteiger charge is 2.13. The second kappa shape index (κ2) is 4.82. The van der Waals surface area contributed by atoms with Crippen molar-refractivity contribution in [1.82, 2.24) is 4.98 Å². The molecule has 0 spiro atoms. The van der Waals surface area contributed by atoms with Crippen molar-refractivity contribution in [2.24, 2.45) is 0 Å². The zero-order chi connectivity index (χ0) is 14.2. The molecule has 0 saturated heterocycles. The number of hydrogen-bond acceptors (Lipinski definition) is 4. The van der Waals surface area contributed by atoms with E-state index < -0.39 is 0 Å². The fraction of sp³-hybridized carbons (Fsp3) is 0.0588. The van der Waals surface area contributed by atoms with Crippen molar-refractivity contribution in [3.8, 4) is 0 Å². The summed E-state index contributed by atoms with van der Waals surface area (Å²) in [6, 6.07) is 17.7. The number of nitrogens with zero attached hydrogens (tertiary/aromatic N) is 1. The third-order valence-electron chi connectivity index (χ3n) is 3.40. The lowest BCUT2D eigenvalue weighted by Gasteiger charge is -1.95. The van der Waals surface area contributed by atoms with Gasteiger partial charge in [-0.25, -0.2) is 9.78 Å². The van der Waals surface area contributed by atoms with E-state index >= 15 is 0 Å². The van der Waals surface area contributed by atoms with E-state index in [0.717, 1.165) is 21.5 Å². The maximum absolute atomic E-state index is 12.0. The molecule has 0 aliphatic heterocycles. The predicted molar refractivity (Wildman–Crippen MR) is 84.9 cm³/mol. The highest BCUT2D eigenvalue weighted by molar-refractivity contribution is 7.19. The number of rotatable bonds is 2. The quantitative estimate of drug-likeness (QED) is 0.525. The molecule has 0 atom stereocenters. The van der Waals surface area contributed by atoms with E-state index in [9.17, 15) is 4.79 Å². The van der Waals surface area contributed by atoms with E-state index in [2.05, 4.69) is 17.1 Å². The van der Waals surface area contributed by atoms with Crippen LogP contribution in [0.25, 0.3) is 21.2 Å². The van der Waals surface area contributed by atoms with Crippen LogP contribution in [0.1, 0.15) is 10.6 Å². The average molecular weight is 293 g/mol. The Labute approximate surface area is 124 Å². The van der Waals surface area contributed by atoms with E-state index in [1.165, 1.54) is 5.56 Å². The van der Waals surface area contributed by atoms with Crippen molar-refractivity contribution in [2.45, 2.75) is 6.42 Å². The second-order valence-electron chi connectivity index (χ2n) is 4.83. The number of benzene rings is 2. The fourth-order valence-corrected chi connectivity index (χ4v) is 3.54. The molecule has 0 amide bonds. The van der Waals surface area contributed by atoms with Gasteiger partial charge in [0.25, 0.3) is 0 Å². The highest BCUT2D eigenvalue weighted by Crippen LogP contribution is 2.29. The Morgan fingerprint density at radius 1 is 1.00 bits per heavy atom. The van der Waals surface area contributed by atoms with Crippen LogP contribution in [0.4, 0.5) is 0 Å². The zero-order valence-electron chi connectivity index (χ0n) is 11.1. The molecule has 102 valence electrons. The first-order valence-corrected chi connectivity index (χ1v) is 7.48. The van der Waals surface area contributed by atoms with Gasteiger partial charge in [0.05, 0.1) is 9.71 Å². The van der Waals surface area contributed by atoms with Gasteiger partial charge in [-0.05, 0) is 17.7 Å². The van der Waals surface area contributed by atoms with Crippen LogP contribution in [-0.2, 0) is 6.42 Å². The first kappa shape index (κ1) is 12.3. The summed E-state index contributed by atoms with van der Waals surface area (Å²) < 4.78 is 6.24. The van der Waals surface area contributed by atoms with Gasteiger partial charge >= 0.3 is 5.63 Å². The molecule has 0 aliphatic carbocycles. The second-order valence-corrected chi connectivity index (χ2v) is 5.92. The lowest BCUT2D eigenvalue weighted by Crippen LogP contribution is -1.99. The Bertz CT molecular complexity index is 986. The van der Waals surface area contributed by atoms with Crippen molar-refractivity contribution >= 4 is 32.5 Å². The van der Waals surface area contributed by atoms with Gasteiger partial charge < -0.3 is 4.42 Å². The van der Waals surface area contributed by atoms with Gasteiger partial charge in [-0.15, -0.1) is 11.3 Å². The van der Waals surface area contributed by atoms with Gasteiger partial charge in [0.2, 0.25) is 0 Å². The Hall–Kier alpha value is -2.46. The zero-order valence-corrected chi connectivity index (χ0v) is 11.9. The molecule has 2 heterocycles. The van der Waals surface area contributed by atoms with Crippen molar-refractivity contribution in [1.29, 1.82) is 0 Å². The Morgan fingerprint density at radius 2 is 1.76 bits per heavy atom. The third-order valence-corrected chi connectivity index (χ3v) is 4.49. The molecule has 0 radical (unpaired) electrons. The van der Waals surface area contributed by atoms with E-state index in [-0.39, 0.29) is 5.63 Å². The summed E-state index contributed by atoms with van der Waals surface area (Å²) in [6.45, 7) is 0.